The van der Waals surface area contributed by atoms with Crippen molar-refractivity contribution in [2.24, 2.45) is 5.92 Å². The van der Waals surface area contributed by atoms with Crippen molar-refractivity contribution in [3.63, 3.8) is 0 Å². The molecule has 0 aliphatic heterocycles. The number of thiophene rings is 1. The molecule has 0 saturated carbocycles. The van der Waals surface area contributed by atoms with Gasteiger partial charge in [-0.25, -0.2) is 13.1 Å². The third kappa shape index (κ3) is 6.35. The highest BCUT2D eigenvalue weighted by molar-refractivity contribution is 7.89. The Bertz CT molecular complexity index is 456. The van der Waals surface area contributed by atoms with Crippen LogP contribution in [0.4, 0.5) is 0 Å². The minimum Gasteiger partial charge on any atom is -0.317 e. The number of hydrogen-bond acceptors (Lipinski definition) is 4. The van der Waals surface area contributed by atoms with Crippen molar-refractivity contribution in [3.8, 4) is 0 Å². The van der Waals surface area contributed by atoms with E-state index in [0.717, 1.165) is 24.4 Å². The number of rotatable bonds is 10. The van der Waals surface area contributed by atoms with Crippen molar-refractivity contribution in [2.75, 3.05) is 18.8 Å². The lowest BCUT2D eigenvalue weighted by Gasteiger charge is -2.21. The van der Waals surface area contributed by atoms with E-state index in [1.165, 1.54) is 0 Å². The number of unbranched alkanes of at least 4 members (excludes halogenated alkanes) is 1. The maximum absolute atomic E-state index is 12.1. The first-order valence-electron chi connectivity index (χ1n) is 7.20. The summed E-state index contributed by atoms with van der Waals surface area (Å²) in [6, 6.07) is 3.83. The Hall–Kier alpha value is -0.430. The topological polar surface area (TPSA) is 58.2 Å². The fourth-order valence-electron chi connectivity index (χ4n) is 1.96. The Morgan fingerprint density at radius 3 is 2.60 bits per heavy atom. The largest absolute Gasteiger partial charge is 0.317 e. The predicted octanol–water partition coefficient (Wildman–Crippen LogP) is 2.75. The molecule has 4 nitrogen and oxygen atoms in total. The Kier molecular flexibility index (Phi) is 7.72. The minimum absolute atomic E-state index is 0.117. The smallest absolute Gasteiger partial charge is 0.212 e. The van der Waals surface area contributed by atoms with Gasteiger partial charge in [-0.2, -0.15) is 0 Å². The lowest BCUT2D eigenvalue weighted by atomic mass is 10.0. The van der Waals surface area contributed by atoms with Gasteiger partial charge in [0.15, 0.2) is 0 Å². The Balaban J connectivity index is 2.50. The van der Waals surface area contributed by atoms with Gasteiger partial charge in [-0.15, -0.1) is 11.3 Å². The highest BCUT2D eigenvalue weighted by atomic mass is 32.2. The average molecular weight is 319 g/mol. The Morgan fingerprint density at radius 2 is 2.05 bits per heavy atom. The summed E-state index contributed by atoms with van der Waals surface area (Å²) in [5.74, 6) is 0.442. The number of hydrogen-bond donors (Lipinski definition) is 2. The summed E-state index contributed by atoms with van der Waals surface area (Å²) >= 11 is 1.60. The lowest BCUT2D eigenvalue weighted by molar-refractivity contribution is 0.468. The van der Waals surface area contributed by atoms with Gasteiger partial charge in [0, 0.05) is 4.88 Å². The molecule has 1 aromatic heterocycles. The van der Waals surface area contributed by atoms with Crippen molar-refractivity contribution in [3.05, 3.63) is 22.4 Å². The Morgan fingerprint density at radius 1 is 1.30 bits per heavy atom. The molecule has 1 atom stereocenters. The van der Waals surface area contributed by atoms with E-state index in [0.29, 0.717) is 6.42 Å². The summed E-state index contributed by atoms with van der Waals surface area (Å²) in [6.07, 6.45) is 1.58. The van der Waals surface area contributed by atoms with E-state index in [2.05, 4.69) is 10.0 Å². The average Bonchev–Trinajstić information content (AvgIpc) is 2.89. The van der Waals surface area contributed by atoms with Gasteiger partial charge >= 0.3 is 0 Å². The summed E-state index contributed by atoms with van der Waals surface area (Å²) < 4.78 is 27.1. The zero-order valence-corrected chi connectivity index (χ0v) is 14.2. The van der Waals surface area contributed by atoms with Gasteiger partial charge in [-0.3, -0.25) is 0 Å². The van der Waals surface area contributed by atoms with E-state index in [1.807, 2.05) is 38.3 Å². The predicted molar refractivity (Wildman–Crippen MR) is 86.6 cm³/mol. The summed E-state index contributed by atoms with van der Waals surface area (Å²) in [5, 5.41) is 5.18. The van der Waals surface area contributed by atoms with Crippen LogP contribution in [0, 0.1) is 5.92 Å². The van der Waals surface area contributed by atoms with Crippen LogP contribution in [-0.4, -0.2) is 27.3 Å². The quantitative estimate of drug-likeness (QED) is 0.652. The van der Waals surface area contributed by atoms with E-state index in [9.17, 15) is 8.42 Å². The molecule has 0 bridgehead atoms. The molecule has 1 heterocycles. The molecule has 6 heteroatoms. The second-order valence-electron chi connectivity index (χ2n) is 5.23. The van der Waals surface area contributed by atoms with E-state index >= 15 is 0 Å². The molecule has 0 spiro atoms. The summed E-state index contributed by atoms with van der Waals surface area (Å²) in [4.78, 5) is 1.08. The van der Waals surface area contributed by atoms with Crippen molar-refractivity contribution in [1.82, 2.24) is 10.0 Å². The summed E-state index contributed by atoms with van der Waals surface area (Å²) in [7, 11) is -3.21. The normalized spacial score (nSPS) is 13.8. The molecule has 1 rings (SSSR count). The highest BCUT2D eigenvalue weighted by Crippen LogP contribution is 2.26. The van der Waals surface area contributed by atoms with Crippen LogP contribution >= 0.6 is 11.3 Å². The van der Waals surface area contributed by atoms with Crippen LogP contribution in [0.15, 0.2) is 17.5 Å². The molecule has 116 valence electrons. The van der Waals surface area contributed by atoms with Crippen LogP contribution in [0.5, 0.6) is 0 Å². The van der Waals surface area contributed by atoms with Crippen molar-refractivity contribution < 1.29 is 8.42 Å². The van der Waals surface area contributed by atoms with Gasteiger partial charge in [-0.05, 0) is 43.3 Å². The zero-order chi connectivity index (χ0) is 15.0. The summed E-state index contributed by atoms with van der Waals surface area (Å²) in [5.41, 5.74) is 0. The van der Waals surface area contributed by atoms with Crippen LogP contribution in [0.25, 0.3) is 0 Å². The third-order valence-corrected chi connectivity index (χ3v) is 5.48. The SMILES string of the molecule is CCNCCCCS(=O)(=O)NC(c1cccs1)C(C)C. The lowest BCUT2D eigenvalue weighted by Crippen LogP contribution is -2.33. The molecule has 0 fully saturated rings. The van der Waals surface area contributed by atoms with E-state index in [4.69, 9.17) is 0 Å². The first-order chi connectivity index (χ1) is 9.46. The highest BCUT2D eigenvalue weighted by Gasteiger charge is 2.22. The van der Waals surface area contributed by atoms with Gasteiger partial charge in [-0.1, -0.05) is 26.8 Å². The molecular weight excluding hydrogens is 292 g/mol. The van der Waals surface area contributed by atoms with Crippen LogP contribution in [0.3, 0.4) is 0 Å². The van der Waals surface area contributed by atoms with Crippen LogP contribution < -0.4 is 10.0 Å². The second-order valence-corrected chi connectivity index (χ2v) is 8.09. The van der Waals surface area contributed by atoms with Crippen LogP contribution in [0.1, 0.15) is 44.5 Å². The molecule has 1 aromatic rings. The van der Waals surface area contributed by atoms with Gasteiger partial charge in [0.1, 0.15) is 0 Å². The molecule has 20 heavy (non-hydrogen) atoms. The molecule has 0 amide bonds. The monoisotopic (exact) mass is 318 g/mol. The van der Waals surface area contributed by atoms with E-state index in [-0.39, 0.29) is 17.7 Å². The van der Waals surface area contributed by atoms with Crippen molar-refractivity contribution >= 4 is 21.4 Å². The second kappa shape index (κ2) is 8.77. The van der Waals surface area contributed by atoms with Crippen LogP contribution in [0.2, 0.25) is 0 Å². The molecule has 0 radical (unpaired) electrons. The standard InChI is InChI=1S/C14H26N2O2S2/c1-4-15-9-5-6-11-20(17,18)16-14(12(2)3)13-8-7-10-19-13/h7-8,10,12,14-16H,4-6,9,11H2,1-3H3. The van der Waals surface area contributed by atoms with Crippen LogP contribution in [-0.2, 0) is 10.0 Å². The molecule has 1 unspecified atom stereocenters. The van der Waals surface area contributed by atoms with Crippen molar-refractivity contribution in [1.29, 1.82) is 0 Å². The molecule has 0 saturated heterocycles. The minimum atomic E-state index is -3.21. The Labute approximate surface area is 127 Å². The number of nitrogens with one attached hydrogen (secondary N) is 2. The molecule has 0 aliphatic rings. The molecule has 2 N–H and O–H groups in total. The van der Waals surface area contributed by atoms with Gasteiger partial charge < -0.3 is 5.32 Å². The fraction of sp³-hybridized carbons (Fsp3) is 0.714. The van der Waals surface area contributed by atoms with E-state index < -0.39 is 10.0 Å². The molecule has 0 aromatic carbocycles. The first kappa shape index (κ1) is 17.6. The molecular formula is C14H26N2O2S2. The number of sulfonamides is 1. The maximum Gasteiger partial charge on any atom is 0.212 e. The molecule has 0 aliphatic carbocycles. The maximum atomic E-state index is 12.1. The zero-order valence-electron chi connectivity index (χ0n) is 12.6. The van der Waals surface area contributed by atoms with Gasteiger partial charge in [0.2, 0.25) is 10.0 Å². The van der Waals surface area contributed by atoms with Gasteiger partial charge in [0.25, 0.3) is 0 Å². The van der Waals surface area contributed by atoms with Gasteiger partial charge in [0.05, 0.1) is 11.8 Å². The summed E-state index contributed by atoms with van der Waals surface area (Å²) in [6.45, 7) is 7.94. The fourth-order valence-corrected chi connectivity index (χ4v) is 4.47. The third-order valence-electron chi connectivity index (χ3n) is 3.09. The first-order valence-corrected chi connectivity index (χ1v) is 9.73. The van der Waals surface area contributed by atoms with E-state index in [1.54, 1.807) is 11.3 Å². The van der Waals surface area contributed by atoms with Crippen molar-refractivity contribution in [2.45, 2.75) is 39.7 Å².